The lowest BCUT2D eigenvalue weighted by atomic mass is 10.1. The maximum Gasteiger partial charge on any atom is 0.149 e. The fourth-order valence-corrected chi connectivity index (χ4v) is 2.85. The molecule has 1 fully saturated rings. The van der Waals surface area contributed by atoms with Gasteiger partial charge in [0.1, 0.15) is 11.0 Å². The predicted octanol–water partition coefficient (Wildman–Crippen LogP) is 2.29. The van der Waals surface area contributed by atoms with E-state index >= 15 is 0 Å². The van der Waals surface area contributed by atoms with Crippen LogP contribution in [0.25, 0.3) is 0 Å². The summed E-state index contributed by atoms with van der Waals surface area (Å²) in [5, 5.41) is 3.70. The van der Waals surface area contributed by atoms with Crippen molar-refractivity contribution in [3.05, 3.63) is 17.5 Å². The van der Waals surface area contributed by atoms with Crippen LogP contribution >= 0.6 is 23.4 Å². The van der Waals surface area contributed by atoms with E-state index < -0.39 is 0 Å². The third-order valence-electron chi connectivity index (χ3n) is 2.20. The van der Waals surface area contributed by atoms with Crippen LogP contribution in [0.2, 0.25) is 5.15 Å². The van der Waals surface area contributed by atoms with Gasteiger partial charge in [0.2, 0.25) is 0 Å². The molecular formula is C9H12ClN3S. The molecule has 0 spiro atoms. The van der Waals surface area contributed by atoms with Crippen molar-refractivity contribution < 1.29 is 0 Å². The van der Waals surface area contributed by atoms with Gasteiger partial charge in [0.05, 0.1) is 12.4 Å². The summed E-state index contributed by atoms with van der Waals surface area (Å²) in [6, 6.07) is 0. The Labute approximate surface area is 92.7 Å². The highest BCUT2D eigenvalue weighted by Gasteiger charge is 2.14. The lowest BCUT2D eigenvalue weighted by Crippen LogP contribution is -2.14. The topological polar surface area (TPSA) is 37.8 Å². The Balaban J connectivity index is 1.85. The first kappa shape index (κ1) is 10.1. The number of rotatable bonds is 3. The Bertz CT molecular complexity index is 302. The maximum atomic E-state index is 5.72. The summed E-state index contributed by atoms with van der Waals surface area (Å²) >= 11 is 7.74. The van der Waals surface area contributed by atoms with E-state index in [0.29, 0.717) is 5.15 Å². The molecule has 0 amide bonds. The Morgan fingerprint density at radius 2 is 2.50 bits per heavy atom. The molecule has 1 atom stereocenters. The minimum atomic E-state index is 0.441. The summed E-state index contributed by atoms with van der Waals surface area (Å²) in [7, 11) is 0. The molecule has 0 aromatic carbocycles. The molecule has 14 heavy (non-hydrogen) atoms. The van der Waals surface area contributed by atoms with Gasteiger partial charge in [-0.2, -0.15) is 11.8 Å². The Kier molecular flexibility index (Phi) is 3.48. The average Bonchev–Trinajstić information content (AvgIpc) is 2.67. The normalized spacial score (nSPS) is 21.1. The second-order valence-corrected chi connectivity index (χ2v) is 4.87. The Hall–Kier alpha value is -0.480. The molecular weight excluding hydrogens is 218 g/mol. The van der Waals surface area contributed by atoms with Crippen molar-refractivity contribution >= 4 is 29.2 Å². The molecule has 0 radical (unpaired) electrons. The highest BCUT2D eigenvalue weighted by atomic mass is 35.5. The lowest BCUT2D eigenvalue weighted by Gasteiger charge is -2.09. The van der Waals surface area contributed by atoms with E-state index in [1.807, 2.05) is 11.8 Å². The van der Waals surface area contributed by atoms with E-state index in [4.69, 9.17) is 11.6 Å². The molecule has 1 saturated heterocycles. The van der Waals surface area contributed by atoms with Crippen LogP contribution in [0.4, 0.5) is 5.82 Å². The van der Waals surface area contributed by atoms with E-state index in [9.17, 15) is 0 Å². The lowest BCUT2D eigenvalue weighted by molar-refractivity contribution is 0.630. The van der Waals surface area contributed by atoms with Crippen molar-refractivity contribution in [2.24, 2.45) is 5.92 Å². The van der Waals surface area contributed by atoms with Gasteiger partial charge in [-0.25, -0.2) is 4.98 Å². The van der Waals surface area contributed by atoms with Gasteiger partial charge in [-0.05, 0) is 23.8 Å². The number of hydrogen-bond acceptors (Lipinski definition) is 4. The molecule has 76 valence electrons. The van der Waals surface area contributed by atoms with Gasteiger partial charge in [-0.1, -0.05) is 11.6 Å². The summed E-state index contributed by atoms with van der Waals surface area (Å²) in [5.41, 5.74) is 0. The molecule has 2 rings (SSSR count). The zero-order valence-electron chi connectivity index (χ0n) is 7.74. The summed E-state index contributed by atoms with van der Waals surface area (Å²) < 4.78 is 0. The molecule has 0 saturated carbocycles. The summed E-state index contributed by atoms with van der Waals surface area (Å²) in [6.07, 6.45) is 4.54. The van der Waals surface area contributed by atoms with Gasteiger partial charge >= 0.3 is 0 Å². The minimum Gasteiger partial charge on any atom is -0.368 e. The monoisotopic (exact) mass is 229 g/mol. The SMILES string of the molecule is Clc1cncc(NCC2CCSC2)n1. The third kappa shape index (κ3) is 2.75. The van der Waals surface area contributed by atoms with Crippen LogP contribution < -0.4 is 5.32 Å². The second-order valence-electron chi connectivity index (χ2n) is 3.34. The molecule has 3 nitrogen and oxygen atoms in total. The second kappa shape index (κ2) is 4.84. The van der Waals surface area contributed by atoms with Crippen LogP contribution in [0.5, 0.6) is 0 Å². The average molecular weight is 230 g/mol. The summed E-state index contributed by atoms with van der Waals surface area (Å²) in [6.45, 7) is 0.974. The van der Waals surface area contributed by atoms with Crippen molar-refractivity contribution in [3.8, 4) is 0 Å². The fourth-order valence-electron chi connectivity index (χ4n) is 1.42. The first-order valence-corrected chi connectivity index (χ1v) is 6.17. The highest BCUT2D eigenvalue weighted by molar-refractivity contribution is 7.99. The molecule has 1 aromatic heterocycles. The Morgan fingerprint density at radius 1 is 1.57 bits per heavy atom. The van der Waals surface area contributed by atoms with Crippen LogP contribution in [0.1, 0.15) is 6.42 Å². The fraction of sp³-hybridized carbons (Fsp3) is 0.556. The molecule has 1 aliphatic rings. The third-order valence-corrected chi connectivity index (χ3v) is 3.61. The van der Waals surface area contributed by atoms with Crippen molar-refractivity contribution in [1.29, 1.82) is 0 Å². The molecule has 1 N–H and O–H groups in total. The van der Waals surface area contributed by atoms with Crippen LogP contribution in [-0.2, 0) is 0 Å². The van der Waals surface area contributed by atoms with Crippen LogP contribution in [0.3, 0.4) is 0 Å². The van der Waals surface area contributed by atoms with E-state index in [2.05, 4.69) is 15.3 Å². The zero-order valence-corrected chi connectivity index (χ0v) is 9.31. The number of aromatic nitrogens is 2. The molecule has 1 aromatic rings. The van der Waals surface area contributed by atoms with E-state index in [1.165, 1.54) is 24.1 Å². The quantitative estimate of drug-likeness (QED) is 0.863. The molecule has 1 aliphatic heterocycles. The summed E-state index contributed by atoms with van der Waals surface area (Å²) in [4.78, 5) is 8.09. The molecule has 0 bridgehead atoms. The van der Waals surface area contributed by atoms with Crippen LogP contribution in [-0.4, -0.2) is 28.0 Å². The number of anilines is 1. The highest BCUT2D eigenvalue weighted by Crippen LogP contribution is 2.23. The van der Waals surface area contributed by atoms with Gasteiger partial charge in [-0.15, -0.1) is 0 Å². The van der Waals surface area contributed by atoms with Crippen LogP contribution in [0, 0.1) is 5.92 Å². The minimum absolute atomic E-state index is 0.441. The molecule has 0 aliphatic carbocycles. The first-order valence-electron chi connectivity index (χ1n) is 4.64. The van der Waals surface area contributed by atoms with E-state index in [-0.39, 0.29) is 0 Å². The van der Waals surface area contributed by atoms with Crippen LogP contribution in [0.15, 0.2) is 12.4 Å². The van der Waals surface area contributed by atoms with E-state index in [1.54, 1.807) is 6.20 Å². The zero-order chi connectivity index (χ0) is 9.80. The van der Waals surface area contributed by atoms with Crippen molar-refractivity contribution in [1.82, 2.24) is 9.97 Å². The maximum absolute atomic E-state index is 5.72. The van der Waals surface area contributed by atoms with Crippen molar-refractivity contribution in [3.63, 3.8) is 0 Å². The number of thioether (sulfide) groups is 1. The molecule has 2 heterocycles. The smallest absolute Gasteiger partial charge is 0.149 e. The number of halogens is 1. The predicted molar refractivity (Wildman–Crippen MR) is 61.0 cm³/mol. The Morgan fingerprint density at radius 3 is 3.21 bits per heavy atom. The van der Waals surface area contributed by atoms with Crippen molar-refractivity contribution in [2.45, 2.75) is 6.42 Å². The largest absolute Gasteiger partial charge is 0.368 e. The van der Waals surface area contributed by atoms with Gasteiger partial charge in [0.25, 0.3) is 0 Å². The van der Waals surface area contributed by atoms with Gasteiger partial charge in [-0.3, -0.25) is 4.98 Å². The van der Waals surface area contributed by atoms with Gasteiger partial charge < -0.3 is 5.32 Å². The van der Waals surface area contributed by atoms with Crippen molar-refractivity contribution in [2.75, 3.05) is 23.4 Å². The van der Waals surface area contributed by atoms with Gasteiger partial charge in [0.15, 0.2) is 0 Å². The number of hydrogen-bond donors (Lipinski definition) is 1. The molecule has 5 heteroatoms. The number of nitrogens with zero attached hydrogens (tertiary/aromatic N) is 2. The standard InChI is InChI=1S/C9H12ClN3S/c10-8-4-11-5-9(13-8)12-3-7-1-2-14-6-7/h4-5,7H,1-3,6H2,(H,12,13). The molecule has 1 unspecified atom stereocenters. The van der Waals surface area contributed by atoms with E-state index in [0.717, 1.165) is 18.3 Å². The van der Waals surface area contributed by atoms with Gasteiger partial charge in [0, 0.05) is 6.54 Å². The first-order chi connectivity index (χ1) is 6.84. The number of nitrogens with one attached hydrogen (secondary N) is 1. The summed E-state index contributed by atoms with van der Waals surface area (Å²) in [5.74, 6) is 4.07.